The molecule has 0 saturated carbocycles. The Hall–Kier alpha value is -1.46. The summed E-state index contributed by atoms with van der Waals surface area (Å²) in [5, 5.41) is 5.75. The van der Waals surface area contributed by atoms with Crippen LogP contribution in [-0.4, -0.2) is 25.0 Å². The maximum Gasteiger partial charge on any atom is 0.228 e. The van der Waals surface area contributed by atoms with Crippen molar-refractivity contribution in [2.45, 2.75) is 6.92 Å². The fraction of sp³-hybridized carbons (Fsp3) is 0.600. The third kappa shape index (κ3) is 8.54. The molecular formula is C5H12N4O2. The largest absolute Gasteiger partial charge is 0.391 e. The molecule has 0 aromatic carbocycles. The zero-order chi connectivity index (χ0) is 8.69. The highest BCUT2D eigenvalue weighted by Crippen LogP contribution is 1.72. The highest BCUT2D eigenvalue weighted by molar-refractivity contribution is 5.75. The summed E-state index contributed by atoms with van der Waals surface area (Å²) in [4.78, 5) is 14.9. The molecule has 0 rings (SSSR count). The minimum Gasteiger partial charge on any atom is -0.391 e. The summed E-state index contributed by atoms with van der Waals surface area (Å²) in [5.74, 6) is -0.244. The molecule has 0 fully saturated rings. The van der Waals surface area contributed by atoms with Gasteiger partial charge in [0, 0.05) is 6.92 Å². The quantitative estimate of drug-likeness (QED) is 0.198. The van der Waals surface area contributed by atoms with Gasteiger partial charge >= 0.3 is 0 Å². The van der Waals surface area contributed by atoms with Gasteiger partial charge in [-0.2, -0.15) is 0 Å². The number of rotatable bonds is 4. The minimum atomic E-state index is -0.132. The lowest BCUT2D eigenvalue weighted by Gasteiger charge is -1.99. The summed E-state index contributed by atoms with van der Waals surface area (Å²) < 4.78 is 0. The fourth-order valence-corrected chi connectivity index (χ4v) is 0.393. The van der Waals surface area contributed by atoms with Crippen LogP contribution in [-0.2, 0) is 9.63 Å². The first-order valence-corrected chi connectivity index (χ1v) is 3.08. The lowest BCUT2D eigenvalue weighted by Crippen LogP contribution is -2.26. The van der Waals surface area contributed by atoms with E-state index in [0.29, 0.717) is 6.54 Å². The SMILES string of the molecule is CC(=O)NCCON=C(N)N. The van der Waals surface area contributed by atoms with Crippen LogP contribution < -0.4 is 16.8 Å². The Kier molecular flexibility index (Phi) is 4.63. The first-order valence-electron chi connectivity index (χ1n) is 3.08. The van der Waals surface area contributed by atoms with E-state index in [1.807, 2.05) is 0 Å². The van der Waals surface area contributed by atoms with Gasteiger partial charge in [0.25, 0.3) is 0 Å². The molecule has 0 atom stereocenters. The minimum absolute atomic E-state index is 0.113. The molecule has 0 bridgehead atoms. The van der Waals surface area contributed by atoms with Gasteiger partial charge in [0.15, 0.2) is 0 Å². The summed E-state index contributed by atoms with van der Waals surface area (Å²) in [7, 11) is 0. The number of carbonyl (C=O) groups is 1. The van der Waals surface area contributed by atoms with Crippen LogP contribution in [0.5, 0.6) is 0 Å². The van der Waals surface area contributed by atoms with Crippen LogP contribution in [0.2, 0.25) is 0 Å². The van der Waals surface area contributed by atoms with E-state index in [4.69, 9.17) is 11.5 Å². The third-order valence-corrected chi connectivity index (χ3v) is 0.737. The van der Waals surface area contributed by atoms with E-state index < -0.39 is 0 Å². The Bertz CT molecular complexity index is 153. The average Bonchev–Trinajstić information content (AvgIpc) is 1.85. The Morgan fingerprint density at radius 1 is 1.64 bits per heavy atom. The number of guanidine groups is 1. The van der Waals surface area contributed by atoms with Crippen molar-refractivity contribution in [2.75, 3.05) is 13.2 Å². The van der Waals surface area contributed by atoms with E-state index in [0.717, 1.165) is 0 Å². The fourth-order valence-electron chi connectivity index (χ4n) is 0.393. The molecule has 0 spiro atoms. The van der Waals surface area contributed by atoms with E-state index in [2.05, 4.69) is 15.3 Å². The lowest BCUT2D eigenvalue weighted by atomic mass is 10.6. The van der Waals surface area contributed by atoms with Crippen LogP contribution in [0.4, 0.5) is 0 Å². The average molecular weight is 160 g/mol. The van der Waals surface area contributed by atoms with E-state index in [9.17, 15) is 4.79 Å². The van der Waals surface area contributed by atoms with Crippen molar-refractivity contribution in [1.82, 2.24) is 5.32 Å². The first kappa shape index (κ1) is 9.54. The molecule has 0 aliphatic carbocycles. The molecule has 5 N–H and O–H groups in total. The number of carbonyl (C=O) groups excluding carboxylic acids is 1. The molecule has 0 saturated heterocycles. The maximum atomic E-state index is 10.3. The van der Waals surface area contributed by atoms with E-state index in [-0.39, 0.29) is 18.5 Å². The number of amides is 1. The van der Waals surface area contributed by atoms with Gasteiger partial charge in [0.2, 0.25) is 11.9 Å². The van der Waals surface area contributed by atoms with Crippen LogP contribution >= 0.6 is 0 Å². The molecule has 0 unspecified atom stereocenters. The Balaban J connectivity index is 3.15. The first-order chi connectivity index (χ1) is 5.13. The number of oxime groups is 1. The van der Waals surface area contributed by atoms with E-state index >= 15 is 0 Å². The van der Waals surface area contributed by atoms with Gasteiger partial charge in [-0.25, -0.2) is 0 Å². The third-order valence-electron chi connectivity index (χ3n) is 0.737. The van der Waals surface area contributed by atoms with Crippen LogP contribution in [0, 0.1) is 0 Å². The molecule has 1 amide bonds. The van der Waals surface area contributed by atoms with Gasteiger partial charge in [-0.15, -0.1) is 0 Å². The lowest BCUT2D eigenvalue weighted by molar-refractivity contribution is -0.119. The molecule has 6 heteroatoms. The summed E-state index contributed by atoms with van der Waals surface area (Å²) in [6.45, 7) is 2.07. The zero-order valence-electron chi connectivity index (χ0n) is 6.33. The van der Waals surface area contributed by atoms with Crippen LogP contribution in [0.15, 0.2) is 5.16 Å². The van der Waals surface area contributed by atoms with E-state index in [1.165, 1.54) is 6.92 Å². The topological polar surface area (TPSA) is 103 Å². The summed E-state index contributed by atoms with van der Waals surface area (Å²) in [6, 6.07) is 0. The van der Waals surface area contributed by atoms with Crippen molar-refractivity contribution in [2.24, 2.45) is 16.6 Å². The van der Waals surface area contributed by atoms with Crippen molar-refractivity contribution in [3.63, 3.8) is 0 Å². The molecule has 0 heterocycles. The second kappa shape index (κ2) is 5.33. The van der Waals surface area contributed by atoms with Gasteiger partial charge in [-0.3, -0.25) is 4.79 Å². The molecule has 0 aromatic heterocycles. The number of nitrogens with zero attached hydrogens (tertiary/aromatic N) is 1. The molecule has 0 radical (unpaired) electrons. The molecule has 0 aliphatic rings. The van der Waals surface area contributed by atoms with Crippen molar-refractivity contribution in [1.29, 1.82) is 0 Å². The standard InChI is InChI=1S/C5H12N4O2/c1-4(10)8-2-3-11-9-5(6)7/h2-3H2,1H3,(H,8,10)(H4,6,7,9). The molecule has 64 valence electrons. The molecular weight excluding hydrogens is 148 g/mol. The van der Waals surface area contributed by atoms with Crippen molar-refractivity contribution in [3.05, 3.63) is 0 Å². The predicted molar refractivity (Wildman–Crippen MR) is 40.4 cm³/mol. The second-order valence-corrected chi connectivity index (χ2v) is 1.83. The molecule has 0 aromatic rings. The zero-order valence-corrected chi connectivity index (χ0v) is 6.33. The highest BCUT2D eigenvalue weighted by Gasteiger charge is 1.89. The highest BCUT2D eigenvalue weighted by atomic mass is 16.6. The van der Waals surface area contributed by atoms with Crippen LogP contribution in [0.25, 0.3) is 0 Å². The molecule has 6 nitrogen and oxygen atoms in total. The monoisotopic (exact) mass is 160 g/mol. The van der Waals surface area contributed by atoms with Gasteiger partial charge in [0.05, 0.1) is 6.54 Å². The number of nitrogens with one attached hydrogen (secondary N) is 1. The second-order valence-electron chi connectivity index (χ2n) is 1.83. The van der Waals surface area contributed by atoms with E-state index in [1.54, 1.807) is 0 Å². The Labute approximate surface area is 64.6 Å². The van der Waals surface area contributed by atoms with Gasteiger partial charge < -0.3 is 21.6 Å². The number of hydrogen-bond acceptors (Lipinski definition) is 3. The number of nitrogens with two attached hydrogens (primary N) is 2. The van der Waals surface area contributed by atoms with Crippen LogP contribution in [0.1, 0.15) is 6.92 Å². The van der Waals surface area contributed by atoms with Crippen molar-refractivity contribution < 1.29 is 9.63 Å². The number of hydrogen-bond donors (Lipinski definition) is 3. The normalized spacial score (nSPS) is 8.45. The van der Waals surface area contributed by atoms with Crippen molar-refractivity contribution in [3.8, 4) is 0 Å². The predicted octanol–water partition coefficient (Wildman–Crippen LogP) is -1.67. The summed E-state index contributed by atoms with van der Waals surface area (Å²) in [5.41, 5.74) is 9.90. The summed E-state index contributed by atoms with van der Waals surface area (Å²) in [6.07, 6.45) is 0. The van der Waals surface area contributed by atoms with Gasteiger partial charge in [0.1, 0.15) is 6.61 Å². The molecule has 0 aliphatic heterocycles. The van der Waals surface area contributed by atoms with Gasteiger partial charge in [-0.1, -0.05) is 0 Å². The van der Waals surface area contributed by atoms with Gasteiger partial charge in [-0.05, 0) is 5.16 Å². The Morgan fingerprint density at radius 3 is 2.73 bits per heavy atom. The Morgan fingerprint density at radius 2 is 2.27 bits per heavy atom. The summed E-state index contributed by atoms with van der Waals surface area (Å²) >= 11 is 0. The van der Waals surface area contributed by atoms with Crippen LogP contribution in [0.3, 0.4) is 0 Å². The smallest absolute Gasteiger partial charge is 0.228 e. The molecule has 11 heavy (non-hydrogen) atoms. The maximum absolute atomic E-state index is 10.3. The van der Waals surface area contributed by atoms with Crippen molar-refractivity contribution >= 4 is 11.9 Å².